The molecule has 0 bridgehead atoms. The summed E-state index contributed by atoms with van der Waals surface area (Å²) in [6.45, 7) is -1.12. The number of hydrogen-bond acceptors (Lipinski definition) is 1. The van der Waals surface area contributed by atoms with Gasteiger partial charge in [0.2, 0.25) is 0 Å². The Morgan fingerprint density at radius 1 is 1.30 bits per heavy atom. The lowest BCUT2D eigenvalue weighted by atomic mass is 9.96. The van der Waals surface area contributed by atoms with E-state index in [1.54, 1.807) is 0 Å². The van der Waals surface area contributed by atoms with E-state index in [4.69, 9.17) is 0 Å². The zero-order chi connectivity index (χ0) is 7.61. The highest BCUT2D eigenvalue weighted by molar-refractivity contribution is 4.88. The predicted molar refractivity (Wildman–Crippen MR) is 29.1 cm³/mol. The van der Waals surface area contributed by atoms with Gasteiger partial charge in [0.15, 0.2) is 0 Å². The lowest BCUT2D eigenvalue weighted by molar-refractivity contribution is -0.176. The van der Waals surface area contributed by atoms with Gasteiger partial charge in [0.25, 0.3) is 0 Å². The van der Waals surface area contributed by atoms with Gasteiger partial charge in [0, 0.05) is 0 Å². The van der Waals surface area contributed by atoms with Crippen LogP contribution in [0.2, 0.25) is 0 Å². The summed E-state index contributed by atoms with van der Waals surface area (Å²) in [4.78, 5) is 0. The maximum absolute atomic E-state index is 11.4. The topological polar surface area (TPSA) is 9.23 Å². The average Bonchev–Trinajstić information content (AvgIpc) is 1.56. The molecule has 0 atom stereocenters. The highest BCUT2D eigenvalue weighted by atomic mass is 19.4. The second-order valence-electron chi connectivity index (χ2n) is 2.30. The molecule has 1 saturated carbocycles. The van der Waals surface area contributed by atoms with Crippen LogP contribution in [0.5, 0.6) is 0 Å². The number of halogens is 3. The van der Waals surface area contributed by atoms with Crippen molar-refractivity contribution in [2.45, 2.75) is 25.4 Å². The van der Waals surface area contributed by atoms with Gasteiger partial charge < -0.3 is 4.74 Å². The number of hydrogen-bond donors (Lipinski definition) is 0. The molecule has 0 aliphatic heterocycles. The molecule has 0 aromatic heterocycles. The van der Waals surface area contributed by atoms with Gasteiger partial charge in [-0.15, -0.1) is 0 Å². The Kier molecular flexibility index (Phi) is 2.18. The largest absolute Gasteiger partial charge is 0.411 e. The van der Waals surface area contributed by atoms with E-state index in [1.165, 1.54) is 0 Å². The first-order valence-corrected chi connectivity index (χ1v) is 3.12. The Morgan fingerprint density at radius 3 is 2.20 bits per heavy atom. The smallest absolute Gasteiger partial charge is 0.363 e. The first-order valence-electron chi connectivity index (χ1n) is 3.12. The van der Waals surface area contributed by atoms with Crippen LogP contribution in [-0.2, 0) is 4.74 Å². The Bertz CT molecular complexity index is 106. The van der Waals surface area contributed by atoms with Gasteiger partial charge in [-0.1, -0.05) is 0 Å². The molecule has 1 rings (SSSR count). The molecule has 0 saturated heterocycles. The van der Waals surface area contributed by atoms with E-state index < -0.39 is 12.8 Å². The summed E-state index contributed by atoms with van der Waals surface area (Å²) in [5.41, 5.74) is 0. The van der Waals surface area contributed by atoms with Gasteiger partial charge in [0.05, 0.1) is 6.10 Å². The third kappa shape index (κ3) is 2.56. The Hall–Kier alpha value is -0.250. The van der Waals surface area contributed by atoms with Gasteiger partial charge in [-0.05, 0) is 19.3 Å². The van der Waals surface area contributed by atoms with Gasteiger partial charge in [-0.25, -0.2) is 0 Å². The summed E-state index contributed by atoms with van der Waals surface area (Å²) >= 11 is 0. The SMILES string of the molecule is FC(F)(F)CO[C]1CCC1. The first-order chi connectivity index (χ1) is 4.58. The Balaban J connectivity index is 2.04. The van der Waals surface area contributed by atoms with E-state index >= 15 is 0 Å². The molecule has 0 heterocycles. The highest BCUT2D eigenvalue weighted by Crippen LogP contribution is 2.31. The fraction of sp³-hybridized carbons (Fsp3) is 0.833. The molecule has 1 aliphatic rings. The van der Waals surface area contributed by atoms with Crippen molar-refractivity contribution in [1.82, 2.24) is 0 Å². The van der Waals surface area contributed by atoms with Crippen LogP contribution in [0.25, 0.3) is 0 Å². The van der Waals surface area contributed by atoms with Crippen molar-refractivity contribution in [2.75, 3.05) is 6.61 Å². The summed E-state index contributed by atoms with van der Waals surface area (Å²) < 4.78 is 38.7. The van der Waals surface area contributed by atoms with Crippen molar-refractivity contribution in [3.63, 3.8) is 0 Å². The van der Waals surface area contributed by atoms with Crippen LogP contribution in [0.4, 0.5) is 13.2 Å². The quantitative estimate of drug-likeness (QED) is 0.591. The van der Waals surface area contributed by atoms with Gasteiger partial charge >= 0.3 is 6.18 Å². The van der Waals surface area contributed by atoms with Crippen LogP contribution in [0, 0.1) is 6.10 Å². The maximum atomic E-state index is 11.4. The van der Waals surface area contributed by atoms with E-state index in [0.29, 0.717) is 18.9 Å². The average molecular weight is 153 g/mol. The standard InChI is InChI=1S/C6H8F3O/c7-6(8,9)4-10-5-2-1-3-5/h1-4H2. The van der Waals surface area contributed by atoms with Crippen LogP contribution in [0.3, 0.4) is 0 Å². The maximum Gasteiger partial charge on any atom is 0.411 e. The number of rotatable bonds is 2. The number of alkyl halides is 3. The molecule has 0 N–H and O–H groups in total. The monoisotopic (exact) mass is 153 g/mol. The molecule has 0 aromatic carbocycles. The third-order valence-electron chi connectivity index (χ3n) is 1.35. The second-order valence-corrected chi connectivity index (χ2v) is 2.30. The van der Waals surface area contributed by atoms with E-state index in [-0.39, 0.29) is 0 Å². The van der Waals surface area contributed by atoms with E-state index in [2.05, 4.69) is 4.74 Å². The molecule has 0 aromatic rings. The van der Waals surface area contributed by atoms with Crippen LogP contribution >= 0.6 is 0 Å². The van der Waals surface area contributed by atoms with Crippen LogP contribution in [-0.4, -0.2) is 12.8 Å². The van der Waals surface area contributed by atoms with Crippen molar-refractivity contribution >= 4 is 0 Å². The van der Waals surface area contributed by atoms with Crippen LogP contribution < -0.4 is 0 Å². The van der Waals surface area contributed by atoms with Crippen molar-refractivity contribution in [3.8, 4) is 0 Å². The molecule has 1 aliphatic carbocycles. The minimum atomic E-state index is -4.18. The molecule has 4 heteroatoms. The van der Waals surface area contributed by atoms with Gasteiger partial charge in [0.1, 0.15) is 6.61 Å². The number of ether oxygens (including phenoxy) is 1. The summed E-state index contributed by atoms with van der Waals surface area (Å²) in [5, 5.41) is 0. The van der Waals surface area contributed by atoms with Crippen molar-refractivity contribution in [1.29, 1.82) is 0 Å². The highest BCUT2D eigenvalue weighted by Gasteiger charge is 2.31. The minimum absolute atomic E-state index is 0.595. The molecule has 59 valence electrons. The lowest BCUT2D eigenvalue weighted by Crippen LogP contribution is -2.22. The normalized spacial score (nSPS) is 20.7. The van der Waals surface area contributed by atoms with E-state index in [0.717, 1.165) is 6.42 Å². The zero-order valence-corrected chi connectivity index (χ0v) is 5.37. The van der Waals surface area contributed by atoms with Crippen LogP contribution in [0.1, 0.15) is 19.3 Å². The first kappa shape index (κ1) is 7.85. The lowest BCUT2D eigenvalue weighted by Gasteiger charge is -2.24. The van der Waals surface area contributed by atoms with Crippen molar-refractivity contribution in [2.24, 2.45) is 0 Å². The molecule has 1 radical (unpaired) electrons. The van der Waals surface area contributed by atoms with Gasteiger partial charge in [-0.2, -0.15) is 13.2 Å². The fourth-order valence-electron chi connectivity index (χ4n) is 0.649. The molecular weight excluding hydrogens is 145 g/mol. The summed E-state index contributed by atoms with van der Waals surface area (Å²) in [5.74, 6) is 0. The molecular formula is C6H8F3O. The zero-order valence-electron chi connectivity index (χ0n) is 5.37. The van der Waals surface area contributed by atoms with Crippen molar-refractivity contribution < 1.29 is 17.9 Å². The molecule has 10 heavy (non-hydrogen) atoms. The second kappa shape index (κ2) is 2.78. The Labute approximate surface area is 57.2 Å². The molecule has 0 unspecified atom stereocenters. The molecule has 0 spiro atoms. The predicted octanol–water partition coefficient (Wildman–Crippen LogP) is 2.28. The molecule has 0 amide bonds. The summed E-state index contributed by atoms with van der Waals surface area (Å²) in [6, 6.07) is 0. The Morgan fingerprint density at radius 2 is 1.90 bits per heavy atom. The van der Waals surface area contributed by atoms with Crippen molar-refractivity contribution in [3.05, 3.63) is 6.10 Å². The summed E-state index contributed by atoms with van der Waals surface area (Å²) in [7, 11) is 0. The fourth-order valence-corrected chi connectivity index (χ4v) is 0.649. The van der Waals surface area contributed by atoms with E-state index in [9.17, 15) is 13.2 Å². The molecule has 1 fully saturated rings. The van der Waals surface area contributed by atoms with E-state index in [1.807, 2.05) is 0 Å². The summed E-state index contributed by atoms with van der Waals surface area (Å²) in [6.07, 6.45) is -1.21. The molecule has 1 nitrogen and oxygen atoms in total. The minimum Gasteiger partial charge on any atom is -0.363 e. The van der Waals surface area contributed by atoms with Gasteiger partial charge in [-0.3, -0.25) is 0 Å². The third-order valence-corrected chi connectivity index (χ3v) is 1.35. The van der Waals surface area contributed by atoms with Crippen LogP contribution in [0.15, 0.2) is 0 Å².